The van der Waals surface area contributed by atoms with E-state index in [1.807, 2.05) is 18.2 Å². The summed E-state index contributed by atoms with van der Waals surface area (Å²) in [6.45, 7) is 4.72. The minimum absolute atomic E-state index is 0.198. The third-order valence-electron chi connectivity index (χ3n) is 5.56. The van der Waals surface area contributed by atoms with Crippen LogP contribution in [0.5, 0.6) is 17.2 Å². The second kappa shape index (κ2) is 10.5. The Morgan fingerprint density at radius 2 is 1.66 bits per heavy atom. The van der Waals surface area contributed by atoms with Crippen molar-refractivity contribution in [3.63, 3.8) is 0 Å². The summed E-state index contributed by atoms with van der Waals surface area (Å²) < 4.78 is 16.6. The molecule has 29 heavy (non-hydrogen) atoms. The lowest BCUT2D eigenvalue weighted by Crippen LogP contribution is -2.52. The Bertz CT molecular complexity index is 769. The van der Waals surface area contributed by atoms with E-state index in [-0.39, 0.29) is 6.61 Å². The second-order valence-electron chi connectivity index (χ2n) is 7.35. The summed E-state index contributed by atoms with van der Waals surface area (Å²) in [6.07, 6.45) is 0.770. The third-order valence-corrected chi connectivity index (χ3v) is 5.56. The smallest absolute Gasteiger partial charge is 0.203 e. The largest absolute Gasteiger partial charge is 0.493 e. The number of piperazine rings is 1. The number of rotatable bonds is 9. The van der Waals surface area contributed by atoms with E-state index in [0.29, 0.717) is 17.5 Å². The van der Waals surface area contributed by atoms with Crippen molar-refractivity contribution in [2.75, 3.05) is 47.6 Å². The van der Waals surface area contributed by atoms with Gasteiger partial charge in [0.25, 0.3) is 0 Å². The van der Waals surface area contributed by atoms with Crippen molar-refractivity contribution >= 4 is 0 Å². The lowest BCUT2D eigenvalue weighted by atomic mass is 10.1. The van der Waals surface area contributed by atoms with E-state index in [0.717, 1.165) is 50.5 Å². The Morgan fingerprint density at radius 3 is 2.31 bits per heavy atom. The normalized spacial score (nSPS) is 17.9. The molecule has 0 radical (unpaired) electrons. The molecule has 1 atom stereocenters. The van der Waals surface area contributed by atoms with Crippen LogP contribution in [0.1, 0.15) is 17.5 Å². The van der Waals surface area contributed by atoms with Gasteiger partial charge in [-0.25, -0.2) is 0 Å². The first-order chi connectivity index (χ1) is 14.2. The zero-order valence-electron chi connectivity index (χ0n) is 17.6. The first-order valence-corrected chi connectivity index (χ1v) is 10.1. The lowest BCUT2D eigenvalue weighted by Gasteiger charge is -2.41. The summed E-state index contributed by atoms with van der Waals surface area (Å²) in [7, 11) is 4.92. The van der Waals surface area contributed by atoms with Gasteiger partial charge in [0.15, 0.2) is 11.5 Å². The standard InChI is InChI=1S/C23H32N2O4/c1-27-21-10-9-19(22(28-2)23(21)29-3)16-24-12-13-25(20(17-24)11-14-26)15-18-7-5-4-6-8-18/h4-10,20,26H,11-17H2,1-3H3. The summed E-state index contributed by atoms with van der Waals surface area (Å²) >= 11 is 0. The fourth-order valence-electron chi connectivity index (χ4n) is 4.08. The van der Waals surface area contributed by atoms with Crippen molar-refractivity contribution < 1.29 is 19.3 Å². The highest BCUT2D eigenvalue weighted by molar-refractivity contribution is 5.55. The Balaban J connectivity index is 1.72. The van der Waals surface area contributed by atoms with Gasteiger partial charge in [0.2, 0.25) is 5.75 Å². The van der Waals surface area contributed by atoms with Gasteiger partial charge >= 0.3 is 0 Å². The Kier molecular flexibility index (Phi) is 7.75. The number of hydrogen-bond acceptors (Lipinski definition) is 6. The van der Waals surface area contributed by atoms with Gasteiger partial charge in [0.05, 0.1) is 21.3 Å². The predicted molar refractivity (Wildman–Crippen MR) is 114 cm³/mol. The van der Waals surface area contributed by atoms with E-state index in [2.05, 4.69) is 34.1 Å². The van der Waals surface area contributed by atoms with Crippen molar-refractivity contribution in [3.05, 3.63) is 53.6 Å². The van der Waals surface area contributed by atoms with E-state index in [4.69, 9.17) is 14.2 Å². The SMILES string of the molecule is COc1ccc(CN2CCN(Cc3ccccc3)C(CCO)C2)c(OC)c1OC. The molecule has 0 aliphatic carbocycles. The maximum atomic E-state index is 9.59. The van der Waals surface area contributed by atoms with Crippen molar-refractivity contribution in [2.24, 2.45) is 0 Å². The second-order valence-corrected chi connectivity index (χ2v) is 7.35. The van der Waals surface area contributed by atoms with Crippen LogP contribution < -0.4 is 14.2 Å². The van der Waals surface area contributed by atoms with Gasteiger partial charge in [-0.3, -0.25) is 9.80 Å². The third kappa shape index (κ3) is 5.21. The molecule has 3 rings (SSSR count). The van der Waals surface area contributed by atoms with Crippen LogP contribution in [0, 0.1) is 0 Å². The van der Waals surface area contributed by atoms with Crippen molar-refractivity contribution in [2.45, 2.75) is 25.6 Å². The van der Waals surface area contributed by atoms with E-state index in [9.17, 15) is 5.11 Å². The summed E-state index contributed by atoms with van der Waals surface area (Å²) in [4.78, 5) is 4.90. The summed E-state index contributed by atoms with van der Waals surface area (Å²) in [6, 6.07) is 14.8. The number of ether oxygens (including phenoxy) is 3. The number of hydrogen-bond donors (Lipinski definition) is 1. The van der Waals surface area contributed by atoms with Crippen LogP contribution in [0.2, 0.25) is 0 Å². The molecule has 0 aromatic heterocycles. The maximum absolute atomic E-state index is 9.59. The van der Waals surface area contributed by atoms with Crippen LogP contribution >= 0.6 is 0 Å². The van der Waals surface area contributed by atoms with E-state index in [1.165, 1.54) is 5.56 Å². The number of benzene rings is 2. The Hall–Kier alpha value is -2.28. The van der Waals surface area contributed by atoms with Gasteiger partial charge in [-0.2, -0.15) is 0 Å². The number of nitrogens with zero attached hydrogens (tertiary/aromatic N) is 2. The average molecular weight is 401 g/mol. The molecule has 1 aliphatic heterocycles. The molecule has 6 heteroatoms. The number of methoxy groups -OCH3 is 3. The van der Waals surface area contributed by atoms with Crippen molar-refractivity contribution in [3.8, 4) is 17.2 Å². The van der Waals surface area contributed by atoms with Crippen LogP contribution in [-0.2, 0) is 13.1 Å². The van der Waals surface area contributed by atoms with Crippen LogP contribution in [0.15, 0.2) is 42.5 Å². The van der Waals surface area contributed by atoms with Crippen LogP contribution in [0.3, 0.4) is 0 Å². The molecular weight excluding hydrogens is 368 g/mol. The molecule has 2 aromatic carbocycles. The zero-order chi connectivity index (χ0) is 20.6. The molecule has 0 saturated carbocycles. The van der Waals surface area contributed by atoms with E-state index < -0.39 is 0 Å². The molecule has 1 unspecified atom stereocenters. The number of aliphatic hydroxyl groups excluding tert-OH is 1. The molecule has 1 fully saturated rings. The highest BCUT2D eigenvalue weighted by atomic mass is 16.5. The average Bonchev–Trinajstić information content (AvgIpc) is 2.76. The zero-order valence-corrected chi connectivity index (χ0v) is 17.6. The lowest BCUT2D eigenvalue weighted by molar-refractivity contribution is 0.0496. The Morgan fingerprint density at radius 1 is 0.897 bits per heavy atom. The van der Waals surface area contributed by atoms with Gasteiger partial charge in [0, 0.05) is 50.9 Å². The minimum Gasteiger partial charge on any atom is -0.493 e. The Labute approximate surface area is 173 Å². The molecule has 1 heterocycles. The van der Waals surface area contributed by atoms with Crippen LogP contribution in [0.4, 0.5) is 0 Å². The molecule has 158 valence electrons. The predicted octanol–water partition coefficient (Wildman–Crippen LogP) is 2.78. The summed E-state index contributed by atoms with van der Waals surface area (Å²) in [5, 5.41) is 9.59. The fraction of sp³-hybridized carbons (Fsp3) is 0.478. The highest BCUT2D eigenvalue weighted by Crippen LogP contribution is 2.40. The van der Waals surface area contributed by atoms with Crippen LogP contribution in [0.25, 0.3) is 0 Å². The van der Waals surface area contributed by atoms with Crippen LogP contribution in [-0.4, -0.2) is 68.5 Å². The summed E-state index contributed by atoms with van der Waals surface area (Å²) in [5.74, 6) is 2.01. The molecule has 6 nitrogen and oxygen atoms in total. The maximum Gasteiger partial charge on any atom is 0.203 e. The topological polar surface area (TPSA) is 54.4 Å². The first kappa shape index (κ1) is 21.4. The molecule has 1 saturated heterocycles. The summed E-state index contributed by atoms with van der Waals surface area (Å²) in [5.41, 5.74) is 2.38. The van der Waals surface area contributed by atoms with E-state index >= 15 is 0 Å². The first-order valence-electron chi connectivity index (χ1n) is 10.1. The minimum atomic E-state index is 0.198. The van der Waals surface area contributed by atoms with Gasteiger partial charge in [-0.05, 0) is 18.1 Å². The molecule has 0 amide bonds. The highest BCUT2D eigenvalue weighted by Gasteiger charge is 2.28. The van der Waals surface area contributed by atoms with Gasteiger partial charge in [0.1, 0.15) is 0 Å². The number of aliphatic hydroxyl groups is 1. The van der Waals surface area contributed by atoms with E-state index in [1.54, 1.807) is 21.3 Å². The van der Waals surface area contributed by atoms with Gasteiger partial charge < -0.3 is 19.3 Å². The van der Waals surface area contributed by atoms with Gasteiger partial charge in [-0.15, -0.1) is 0 Å². The van der Waals surface area contributed by atoms with Gasteiger partial charge in [-0.1, -0.05) is 36.4 Å². The fourth-order valence-corrected chi connectivity index (χ4v) is 4.08. The molecule has 0 spiro atoms. The van der Waals surface area contributed by atoms with Crippen molar-refractivity contribution in [1.29, 1.82) is 0 Å². The molecule has 0 bridgehead atoms. The quantitative estimate of drug-likeness (QED) is 0.699. The molecular formula is C23H32N2O4. The molecule has 2 aromatic rings. The molecule has 1 N–H and O–H groups in total. The monoisotopic (exact) mass is 400 g/mol. The molecule has 1 aliphatic rings. The van der Waals surface area contributed by atoms with Crippen molar-refractivity contribution in [1.82, 2.24) is 9.80 Å².